The quantitative estimate of drug-likeness (QED) is 0.166. The van der Waals surface area contributed by atoms with Crippen molar-refractivity contribution in [2.75, 3.05) is 20.1 Å². The number of rotatable bonds is 11. The number of benzene rings is 2. The molecule has 0 radical (unpaired) electrons. The molecule has 0 fully saturated rings. The summed E-state index contributed by atoms with van der Waals surface area (Å²) in [5, 5.41) is 6.82. The summed E-state index contributed by atoms with van der Waals surface area (Å²) >= 11 is 3.33. The Morgan fingerprint density at radius 3 is 2.06 bits per heavy atom. The molecule has 0 aliphatic rings. The third-order valence-corrected chi connectivity index (χ3v) is 6.06. The third kappa shape index (κ3) is 15.2. The van der Waals surface area contributed by atoms with Crippen LogP contribution in [0, 0.1) is 6.92 Å². The van der Waals surface area contributed by atoms with Crippen molar-refractivity contribution in [2.45, 2.75) is 54.4 Å². The highest BCUT2D eigenvalue weighted by atomic mass is 79.9. The van der Waals surface area contributed by atoms with Crippen LogP contribution < -0.4 is 10.6 Å². The van der Waals surface area contributed by atoms with E-state index < -0.39 is 0 Å². The molecule has 3 nitrogen and oxygen atoms in total. The summed E-state index contributed by atoms with van der Waals surface area (Å²) in [6, 6.07) is 18.8. The Morgan fingerprint density at radius 1 is 0.917 bits per heavy atom. The number of nitrogens with zero attached hydrogens (tertiary/aromatic N) is 1. The molecule has 4 heteroatoms. The molecule has 0 bridgehead atoms. The maximum atomic E-state index is 4.19. The van der Waals surface area contributed by atoms with Crippen molar-refractivity contribution in [1.82, 2.24) is 10.6 Å². The van der Waals surface area contributed by atoms with Gasteiger partial charge in [-0.05, 0) is 84.8 Å². The van der Waals surface area contributed by atoms with Crippen LogP contribution in [-0.2, 0) is 6.42 Å². The van der Waals surface area contributed by atoms with Crippen LogP contribution in [-0.4, -0.2) is 26.4 Å². The molecule has 0 aliphatic heterocycles. The minimum atomic E-state index is 0.855. The van der Waals surface area contributed by atoms with Crippen molar-refractivity contribution in [2.24, 2.45) is 4.99 Å². The van der Waals surface area contributed by atoms with Gasteiger partial charge in [-0.15, -0.1) is 0 Å². The largest absolute Gasteiger partial charge is 0.387 e. The maximum absolute atomic E-state index is 4.19. The second-order valence-corrected chi connectivity index (χ2v) is 9.20. The van der Waals surface area contributed by atoms with Gasteiger partial charge in [0.05, 0.1) is 0 Å². The van der Waals surface area contributed by atoms with Crippen LogP contribution in [0.2, 0.25) is 0 Å². The van der Waals surface area contributed by atoms with Crippen molar-refractivity contribution in [3.63, 3.8) is 0 Å². The van der Waals surface area contributed by atoms with E-state index in [0.717, 1.165) is 47.4 Å². The average molecular weight is 553 g/mol. The minimum absolute atomic E-state index is 0.855. The minimum Gasteiger partial charge on any atom is -0.387 e. The molecule has 0 unspecified atom stereocenters. The SMILES string of the molecule is C=C(CCc1ccccc1)NCCN/C(C)=C/C(=C)c1ccccc1C.CC.CN=CC(Br)=C(C)C. The Labute approximate surface area is 229 Å². The number of hydrogen-bond donors (Lipinski definition) is 2. The van der Waals surface area contributed by atoms with Gasteiger partial charge in [-0.2, -0.15) is 0 Å². The van der Waals surface area contributed by atoms with E-state index in [0.29, 0.717) is 0 Å². The molecule has 0 aliphatic carbocycles. The summed E-state index contributed by atoms with van der Waals surface area (Å²) in [6.07, 6.45) is 5.88. The first-order chi connectivity index (χ1) is 17.2. The number of halogens is 1. The van der Waals surface area contributed by atoms with Crippen LogP contribution in [0.15, 0.2) is 100 Å². The molecule has 0 aromatic heterocycles. The van der Waals surface area contributed by atoms with Gasteiger partial charge in [0.15, 0.2) is 0 Å². The van der Waals surface area contributed by atoms with Crippen molar-refractivity contribution in [3.8, 4) is 0 Å². The first-order valence-corrected chi connectivity index (χ1v) is 13.4. The van der Waals surface area contributed by atoms with Crippen LogP contribution >= 0.6 is 15.9 Å². The third-order valence-electron chi connectivity index (χ3n) is 5.06. The number of aryl methyl sites for hydroxylation is 2. The fourth-order valence-corrected chi connectivity index (χ4v) is 3.30. The Balaban J connectivity index is 0.00000104. The second-order valence-electron chi connectivity index (χ2n) is 8.35. The maximum Gasteiger partial charge on any atom is 0.0350 e. The van der Waals surface area contributed by atoms with Gasteiger partial charge in [0.2, 0.25) is 0 Å². The zero-order valence-electron chi connectivity index (χ0n) is 23.4. The van der Waals surface area contributed by atoms with Gasteiger partial charge in [-0.3, -0.25) is 4.99 Å². The number of nitrogens with one attached hydrogen (secondary N) is 2. The van der Waals surface area contributed by atoms with Crippen molar-refractivity contribution in [3.05, 3.63) is 112 Å². The van der Waals surface area contributed by atoms with Crippen LogP contribution in [0.3, 0.4) is 0 Å². The first-order valence-electron chi connectivity index (χ1n) is 12.6. The van der Waals surface area contributed by atoms with Gasteiger partial charge in [0.25, 0.3) is 0 Å². The van der Waals surface area contributed by atoms with Crippen LogP contribution in [0.25, 0.3) is 5.57 Å². The van der Waals surface area contributed by atoms with E-state index in [9.17, 15) is 0 Å². The smallest absolute Gasteiger partial charge is 0.0350 e. The monoisotopic (exact) mass is 551 g/mol. The van der Waals surface area contributed by atoms with E-state index in [1.54, 1.807) is 13.3 Å². The molecular weight excluding hydrogens is 506 g/mol. The van der Waals surface area contributed by atoms with E-state index in [1.165, 1.54) is 22.3 Å². The predicted molar refractivity (Wildman–Crippen MR) is 167 cm³/mol. The van der Waals surface area contributed by atoms with E-state index in [1.807, 2.05) is 33.8 Å². The molecule has 196 valence electrons. The van der Waals surface area contributed by atoms with E-state index in [-0.39, 0.29) is 0 Å². The van der Waals surface area contributed by atoms with Crippen molar-refractivity contribution >= 4 is 27.7 Å². The highest BCUT2D eigenvalue weighted by Gasteiger charge is 2.00. The topological polar surface area (TPSA) is 36.4 Å². The number of hydrogen-bond acceptors (Lipinski definition) is 3. The average Bonchev–Trinajstić information content (AvgIpc) is 2.88. The fraction of sp³-hybridized carbons (Fsp3) is 0.344. The van der Waals surface area contributed by atoms with Crippen LogP contribution in [0.5, 0.6) is 0 Å². The van der Waals surface area contributed by atoms with Gasteiger partial charge in [-0.25, -0.2) is 0 Å². The molecular formula is C32H46BrN3. The lowest BCUT2D eigenvalue weighted by Crippen LogP contribution is -2.25. The summed E-state index contributed by atoms with van der Waals surface area (Å²) in [5.74, 6) is 0. The number of allylic oxidation sites excluding steroid dienone is 6. The summed E-state index contributed by atoms with van der Waals surface area (Å²) in [6.45, 7) is 22.3. The molecule has 2 rings (SSSR count). The lowest BCUT2D eigenvalue weighted by Gasteiger charge is -2.12. The molecule has 2 aromatic rings. The lowest BCUT2D eigenvalue weighted by atomic mass is 10.0. The summed E-state index contributed by atoms with van der Waals surface area (Å²) < 4.78 is 1.07. The molecule has 0 saturated carbocycles. The van der Waals surface area contributed by atoms with Gasteiger partial charge < -0.3 is 10.6 Å². The fourth-order valence-electron chi connectivity index (χ4n) is 3.09. The highest BCUT2D eigenvalue weighted by molar-refractivity contribution is 9.12. The molecule has 36 heavy (non-hydrogen) atoms. The Bertz CT molecular complexity index is 997. The van der Waals surface area contributed by atoms with Gasteiger partial charge in [-0.1, -0.05) is 87.2 Å². The molecule has 0 spiro atoms. The van der Waals surface area contributed by atoms with Gasteiger partial charge in [0, 0.05) is 42.2 Å². The Morgan fingerprint density at radius 2 is 1.50 bits per heavy atom. The van der Waals surface area contributed by atoms with Gasteiger partial charge >= 0.3 is 0 Å². The summed E-state index contributed by atoms with van der Waals surface area (Å²) in [5.41, 5.74) is 8.28. The molecule has 2 N–H and O–H groups in total. The Hall–Kier alpha value is -2.85. The lowest BCUT2D eigenvalue weighted by molar-refractivity contribution is 0.693. The zero-order chi connectivity index (χ0) is 27.3. The normalized spacial score (nSPS) is 10.4. The van der Waals surface area contributed by atoms with Gasteiger partial charge in [0.1, 0.15) is 0 Å². The second kappa shape index (κ2) is 20.4. The molecule has 0 heterocycles. The zero-order valence-corrected chi connectivity index (χ0v) is 25.0. The molecule has 0 atom stereocenters. The Kier molecular flexibility index (Phi) is 18.7. The van der Waals surface area contributed by atoms with E-state index in [2.05, 4.69) is 113 Å². The first kappa shape index (κ1) is 33.1. The summed E-state index contributed by atoms with van der Waals surface area (Å²) in [7, 11) is 1.75. The van der Waals surface area contributed by atoms with E-state index >= 15 is 0 Å². The van der Waals surface area contributed by atoms with Crippen molar-refractivity contribution in [1.29, 1.82) is 0 Å². The van der Waals surface area contributed by atoms with Crippen molar-refractivity contribution < 1.29 is 0 Å². The van der Waals surface area contributed by atoms with Crippen LogP contribution in [0.4, 0.5) is 0 Å². The predicted octanol–water partition coefficient (Wildman–Crippen LogP) is 8.64. The highest BCUT2D eigenvalue weighted by Crippen LogP contribution is 2.18. The summed E-state index contributed by atoms with van der Waals surface area (Å²) in [4.78, 5) is 3.83. The van der Waals surface area contributed by atoms with Crippen LogP contribution in [0.1, 0.15) is 57.7 Å². The number of aliphatic imine (C=N–C) groups is 1. The molecule has 0 amide bonds. The standard InChI is InChI=1S/C24H30N2.C6H10BrN.C2H6/c1-19-10-8-9-13-24(19)20(2)18-22(4)26-17-16-25-21(3)14-15-23-11-6-5-7-12-23;1-5(2)6(7)4-8-3;1-2/h5-13,18,25-26H,2-3,14-17H2,1,4H3;4H,1-3H3;1-2H3/b22-18+;;. The van der Waals surface area contributed by atoms with E-state index in [4.69, 9.17) is 0 Å². The molecule has 2 aromatic carbocycles. The molecule has 0 saturated heterocycles.